The average Bonchev–Trinajstić information content (AvgIpc) is 2.73. The number of rotatable bonds is 4. The Morgan fingerprint density at radius 1 is 1.41 bits per heavy atom. The third-order valence-electron chi connectivity index (χ3n) is 2.51. The minimum atomic E-state index is -0.248. The Bertz CT molecular complexity index is 500. The fourth-order valence-corrected chi connectivity index (χ4v) is 1.95. The lowest BCUT2D eigenvalue weighted by Gasteiger charge is -2.12. The zero-order valence-electron chi connectivity index (χ0n) is 9.35. The van der Waals surface area contributed by atoms with E-state index in [1.54, 1.807) is 25.2 Å². The van der Waals surface area contributed by atoms with Crippen LogP contribution < -0.4 is 0 Å². The molecule has 0 saturated carbocycles. The van der Waals surface area contributed by atoms with E-state index in [1.807, 2.05) is 0 Å². The van der Waals surface area contributed by atoms with Crippen molar-refractivity contribution in [3.63, 3.8) is 0 Å². The summed E-state index contributed by atoms with van der Waals surface area (Å²) in [6, 6.07) is 6.62. The minimum absolute atomic E-state index is 0.137. The van der Waals surface area contributed by atoms with E-state index in [4.69, 9.17) is 11.6 Å². The number of tetrazole rings is 1. The van der Waals surface area contributed by atoms with Gasteiger partial charge in [-0.3, -0.25) is 0 Å². The molecule has 0 aliphatic heterocycles. The van der Waals surface area contributed by atoms with Crippen molar-refractivity contribution >= 4 is 11.6 Å². The molecule has 0 saturated heterocycles. The van der Waals surface area contributed by atoms with Crippen molar-refractivity contribution in [1.29, 1.82) is 0 Å². The molecular weight excluding hydrogens is 243 g/mol. The van der Waals surface area contributed by atoms with E-state index < -0.39 is 0 Å². The lowest BCUT2D eigenvalue weighted by molar-refractivity contribution is 0.583. The molecule has 0 aliphatic rings. The zero-order chi connectivity index (χ0) is 12.3. The normalized spacial score (nSPS) is 12.6. The highest BCUT2D eigenvalue weighted by Gasteiger charge is 2.17. The zero-order valence-corrected chi connectivity index (χ0v) is 10.1. The van der Waals surface area contributed by atoms with Crippen molar-refractivity contribution in [2.24, 2.45) is 7.05 Å². The van der Waals surface area contributed by atoms with Gasteiger partial charge in [0.05, 0.1) is 7.05 Å². The maximum atomic E-state index is 13.6. The van der Waals surface area contributed by atoms with Crippen molar-refractivity contribution < 1.29 is 4.39 Å². The summed E-state index contributed by atoms with van der Waals surface area (Å²) in [6.45, 7) is 0. The standard InChI is InChI=1S/C11H12ClFN4/c1-17-15-11(14-16-17)6-8(7-12)9-4-2-3-5-10(9)13/h2-5,8H,6-7H2,1H3. The SMILES string of the molecule is Cn1nnc(CC(CCl)c2ccccc2F)n1. The second-order valence-electron chi connectivity index (χ2n) is 3.77. The van der Waals surface area contributed by atoms with Crippen molar-refractivity contribution in [3.05, 3.63) is 41.5 Å². The predicted octanol–water partition coefficient (Wildman–Crippen LogP) is 1.91. The van der Waals surface area contributed by atoms with E-state index in [2.05, 4.69) is 15.4 Å². The Morgan fingerprint density at radius 3 is 2.76 bits per heavy atom. The number of nitrogens with zero attached hydrogens (tertiary/aromatic N) is 4. The number of alkyl halides is 1. The van der Waals surface area contributed by atoms with Gasteiger partial charge in [0.25, 0.3) is 0 Å². The quantitative estimate of drug-likeness (QED) is 0.783. The van der Waals surface area contributed by atoms with Gasteiger partial charge in [-0.15, -0.1) is 21.8 Å². The Hall–Kier alpha value is -1.49. The van der Waals surface area contributed by atoms with Crippen LogP contribution in [0.1, 0.15) is 17.3 Å². The predicted molar refractivity (Wildman–Crippen MR) is 62.4 cm³/mol. The van der Waals surface area contributed by atoms with Gasteiger partial charge < -0.3 is 0 Å². The molecule has 0 amide bonds. The number of hydrogen-bond donors (Lipinski definition) is 0. The molecule has 4 nitrogen and oxygen atoms in total. The van der Waals surface area contributed by atoms with E-state index in [0.717, 1.165) is 0 Å². The van der Waals surface area contributed by atoms with E-state index >= 15 is 0 Å². The van der Waals surface area contributed by atoms with Crippen LogP contribution in [0.3, 0.4) is 0 Å². The Balaban J connectivity index is 2.20. The van der Waals surface area contributed by atoms with Crippen LogP contribution in [-0.2, 0) is 13.5 Å². The van der Waals surface area contributed by atoms with Crippen molar-refractivity contribution in [2.75, 3.05) is 5.88 Å². The lowest BCUT2D eigenvalue weighted by atomic mass is 9.97. The highest BCUT2D eigenvalue weighted by Crippen LogP contribution is 2.23. The van der Waals surface area contributed by atoms with E-state index in [0.29, 0.717) is 23.7 Å². The molecule has 0 fully saturated rings. The second kappa shape index (κ2) is 5.23. The first-order valence-electron chi connectivity index (χ1n) is 5.24. The van der Waals surface area contributed by atoms with Gasteiger partial charge in [-0.05, 0) is 16.8 Å². The largest absolute Gasteiger partial charge is 0.207 e. The molecule has 0 radical (unpaired) electrons. The first-order chi connectivity index (χ1) is 8.20. The molecule has 0 N–H and O–H groups in total. The molecule has 90 valence electrons. The summed E-state index contributed by atoms with van der Waals surface area (Å²) < 4.78 is 13.6. The summed E-state index contributed by atoms with van der Waals surface area (Å²) in [6.07, 6.45) is 0.484. The van der Waals surface area contributed by atoms with Crippen LogP contribution in [0.15, 0.2) is 24.3 Å². The third-order valence-corrected chi connectivity index (χ3v) is 2.88. The number of halogens is 2. The molecule has 17 heavy (non-hydrogen) atoms. The van der Waals surface area contributed by atoms with Crippen LogP contribution >= 0.6 is 11.6 Å². The fourth-order valence-electron chi connectivity index (χ4n) is 1.68. The highest BCUT2D eigenvalue weighted by atomic mass is 35.5. The van der Waals surface area contributed by atoms with E-state index in [1.165, 1.54) is 10.9 Å². The Kier molecular flexibility index (Phi) is 3.68. The molecular formula is C11H12ClFN4. The van der Waals surface area contributed by atoms with Crippen molar-refractivity contribution in [3.8, 4) is 0 Å². The van der Waals surface area contributed by atoms with Crippen LogP contribution in [-0.4, -0.2) is 26.1 Å². The Morgan fingerprint density at radius 2 is 2.18 bits per heavy atom. The number of aromatic nitrogens is 4. The van der Waals surface area contributed by atoms with Gasteiger partial charge in [-0.2, -0.15) is 4.80 Å². The molecule has 0 aliphatic carbocycles. The summed E-state index contributed by atoms with van der Waals surface area (Å²) in [5, 5.41) is 11.7. The van der Waals surface area contributed by atoms with Crippen LogP contribution in [0.4, 0.5) is 4.39 Å². The van der Waals surface area contributed by atoms with E-state index in [-0.39, 0.29) is 11.7 Å². The van der Waals surface area contributed by atoms with Gasteiger partial charge in [0.1, 0.15) is 5.82 Å². The van der Waals surface area contributed by atoms with Crippen LogP contribution in [0.2, 0.25) is 0 Å². The van der Waals surface area contributed by atoms with Crippen molar-refractivity contribution in [1.82, 2.24) is 20.2 Å². The number of aryl methyl sites for hydroxylation is 1. The average molecular weight is 255 g/mol. The second-order valence-corrected chi connectivity index (χ2v) is 4.08. The lowest BCUT2D eigenvalue weighted by Crippen LogP contribution is -2.08. The molecule has 0 spiro atoms. The van der Waals surface area contributed by atoms with Crippen molar-refractivity contribution in [2.45, 2.75) is 12.3 Å². The topological polar surface area (TPSA) is 43.6 Å². The van der Waals surface area contributed by atoms with Crippen LogP contribution in [0, 0.1) is 5.82 Å². The van der Waals surface area contributed by atoms with Gasteiger partial charge in [0.2, 0.25) is 0 Å². The maximum Gasteiger partial charge on any atom is 0.175 e. The van der Waals surface area contributed by atoms with Crippen LogP contribution in [0.25, 0.3) is 0 Å². The molecule has 1 atom stereocenters. The molecule has 2 rings (SSSR count). The van der Waals surface area contributed by atoms with Gasteiger partial charge in [0.15, 0.2) is 5.82 Å². The Labute approximate surface area is 103 Å². The smallest absolute Gasteiger partial charge is 0.175 e. The number of benzene rings is 1. The molecule has 6 heteroatoms. The fraction of sp³-hybridized carbons (Fsp3) is 0.364. The molecule has 0 bridgehead atoms. The first-order valence-corrected chi connectivity index (χ1v) is 5.77. The summed E-state index contributed by atoms with van der Waals surface area (Å²) in [5.74, 6) is 0.504. The summed E-state index contributed by atoms with van der Waals surface area (Å²) in [4.78, 5) is 1.38. The molecule has 2 aromatic rings. The molecule has 1 aromatic heterocycles. The summed E-state index contributed by atoms with van der Waals surface area (Å²) in [5.41, 5.74) is 0.593. The minimum Gasteiger partial charge on any atom is -0.207 e. The maximum absolute atomic E-state index is 13.6. The van der Waals surface area contributed by atoms with Gasteiger partial charge in [-0.1, -0.05) is 18.2 Å². The molecule has 1 heterocycles. The van der Waals surface area contributed by atoms with E-state index in [9.17, 15) is 4.39 Å². The first kappa shape index (κ1) is 12.0. The third kappa shape index (κ3) is 2.79. The molecule has 1 unspecified atom stereocenters. The van der Waals surface area contributed by atoms with Gasteiger partial charge >= 0.3 is 0 Å². The highest BCUT2D eigenvalue weighted by molar-refractivity contribution is 6.18. The van der Waals surface area contributed by atoms with Gasteiger partial charge in [0, 0.05) is 18.2 Å². The summed E-state index contributed by atoms with van der Waals surface area (Å²) >= 11 is 5.88. The number of hydrogen-bond acceptors (Lipinski definition) is 3. The van der Waals surface area contributed by atoms with Gasteiger partial charge in [-0.25, -0.2) is 4.39 Å². The molecule has 1 aromatic carbocycles. The van der Waals surface area contributed by atoms with Crippen LogP contribution in [0.5, 0.6) is 0 Å². The monoisotopic (exact) mass is 254 g/mol. The summed E-state index contributed by atoms with van der Waals surface area (Å²) in [7, 11) is 1.69.